The molecule has 0 bridgehead atoms. The third-order valence-corrected chi connectivity index (χ3v) is 2.78. The number of benzene rings is 1. The monoisotopic (exact) mass is 244 g/mol. The van der Waals surface area contributed by atoms with Crippen LogP contribution < -0.4 is 11.1 Å². The van der Waals surface area contributed by atoms with Gasteiger partial charge >= 0.3 is 0 Å². The number of aromatic nitrogens is 2. The summed E-state index contributed by atoms with van der Waals surface area (Å²) in [6.07, 6.45) is 3.53. The van der Waals surface area contributed by atoms with Crippen LogP contribution in [0, 0.1) is 0 Å². The van der Waals surface area contributed by atoms with Crippen LogP contribution in [0.3, 0.4) is 0 Å². The number of imidazole rings is 1. The van der Waals surface area contributed by atoms with E-state index in [4.69, 9.17) is 5.73 Å². The second-order valence-corrected chi connectivity index (χ2v) is 4.14. The molecule has 0 saturated carbocycles. The highest BCUT2D eigenvalue weighted by Gasteiger charge is 2.06. The Morgan fingerprint density at radius 3 is 2.72 bits per heavy atom. The molecule has 0 aliphatic heterocycles. The van der Waals surface area contributed by atoms with Crippen LogP contribution in [0.4, 0.5) is 0 Å². The third-order valence-electron chi connectivity index (χ3n) is 2.78. The van der Waals surface area contributed by atoms with Crippen molar-refractivity contribution < 1.29 is 4.79 Å². The number of hydrogen-bond donors (Lipinski definition) is 3. The van der Waals surface area contributed by atoms with Crippen molar-refractivity contribution in [2.45, 2.75) is 19.5 Å². The van der Waals surface area contributed by atoms with Crippen molar-refractivity contribution in [1.29, 1.82) is 0 Å². The summed E-state index contributed by atoms with van der Waals surface area (Å²) in [7, 11) is 0. The number of hydrogen-bond acceptors (Lipinski definition) is 3. The molecule has 1 aromatic heterocycles. The number of carbonyl (C=O) groups excluding carboxylic acids is 1. The fraction of sp³-hybridized carbons (Fsp3) is 0.231. The Morgan fingerprint density at radius 2 is 2.17 bits per heavy atom. The van der Waals surface area contributed by atoms with Gasteiger partial charge in [0.1, 0.15) is 5.82 Å². The maximum Gasteiger partial charge on any atom is 0.248 e. The number of nitrogens with one attached hydrogen (secondary N) is 2. The highest BCUT2D eigenvalue weighted by Crippen LogP contribution is 2.08. The minimum Gasteiger partial charge on any atom is -0.366 e. The van der Waals surface area contributed by atoms with Crippen LogP contribution >= 0.6 is 0 Å². The van der Waals surface area contributed by atoms with E-state index in [0.29, 0.717) is 12.1 Å². The van der Waals surface area contributed by atoms with Crippen molar-refractivity contribution in [3.63, 3.8) is 0 Å². The first-order valence-corrected chi connectivity index (χ1v) is 5.78. The first kappa shape index (κ1) is 12.3. The molecule has 94 valence electrons. The van der Waals surface area contributed by atoms with E-state index in [0.717, 1.165) is 11.4 Å². The lowest BCUT2D eigenvalue weighted by atomic mass is 10.1. The molecule has 0 saturated heterocycles. The van der Waals surface area contributed by atoms with Crippen LogP contribution in [-0.2, 0) is 6.54 Å². The number of rotatable bonds is 5. The number of H-pyrrole nitrogens is 1. The molecule has 1 unspecified atom stereocenters. The molecule has 1 aromatic carbocycles. The zero-order valence-corrected chi connectivity index (χ0v) is 10.2. The topological polar surface area (TPSA) is 83.8 Å². The van der Waals surface area contributed by atoms with Crippen molar-refractivity contribution in [3.8, 4) is 0 Å². The van der Waals surface area contributed by atoms with Gasteiger partial charge in [-0.25, -0.2) is 4.98 Å². The first-order valence-electron chi connectivity index (χ1n) is 5.78. The molecule has 2 rings (SSSR count). The van der Waals surface area contributed by atoms with Crippen molar-refractivity contribution in [1.82, 2.24) is 15.3 Å². The Balaban J connectivity index is 1.92. The van der Waals surface area contributed by atoms with Crippen LogP contribution in [0.5, 0.6) is 0 Å². The average molecular weight is 244 g/mol. The standard InChI is InChI=1S/C13H16N4O/c1-9(13-15-6-7-16-13)17-8-10-2-4-11(5-3-10)12(14)18/h2-7,9,17H,8H2,1H3,(H2,14,18)(H,15,16). The van der Waals surface area contributed by atoms with E-state index in [-0.39, 0.29) is 6.04 Å². The van der Waals surface area contributed by atoms with Gasteiger partial charge in [-0.3, -0.25) is 4.79 Å². The molecule has 5 heteroatoms. The van der Waals surface area contributed by atoms with E-state index in [2.05, 4.69) is 15.3 Å². The van der Waals surface area contributed by atoms with Gasteiger partial charge in [0.15, 0.2) is 0 Å². The van der Waals surface area contributed by atoms with Crippen molar-refractivity contribution in [2.24, 2.45) is 5.73 Å². The summed E-state index contributed by atoms with van der Waals surface area (Å²) >= 11 is 0. The SMILES string of the molecule is CC(NCc1ccc(C(N)=O)cc1)c1ncc[nH]1. The molecule has 5 nitrogen and oxygen atoms in total. The largest absolute Gasteiger partial charge is 0.366 e. The molecule has 1 heterocycles. The molecule has 4 N–H and O–H groups in total. The van der Waals surface area contributed by atoms with Crippen LogP contribution in [0.15, 0.2) is 36.7 Å². The van der Waals surface area contributed by atoms with Crippen molar-refractivity contribution >= 4 is 5.91 Å². The molecule has 0 aliphatic rings. The summed E-state index contributed by atoms with van der Waals surface area (Å²) in [6, 6.07) is 7.40. The lowest BCUT2D eigenvalue weighted by Crippen LogP contribution is -2.19. The smallest absolute Gasteiger partial charge is 0.248 e. The average Bonchev–Trinajstić information content (AvgIpc) is 2.90. The predicted molar refractivity (Wildman–Crippen MR) is 68.8 cm³/mol. The molecule has 0 radical (unpaired) electrons. The minimum absolute atomic E-state index is 0.149. The van der Waals surface area contributed by atoms with E-state index < -0.39 is 5.91 Å². The van der Waals surface area contributed by atoms with Crippen LogP contribution in [0.2, 0.25) is 0 Å². The van der Waals surface area contributed by atoms with Gasteiger partial charge in [0.05, 0.1) is 6.04 Å². The Kier molecular flexibility index (Phi) is 3.74. The van der Waals surface area contributed by atoms with Gasteiger partial charge in [-0.15, -0.1) is 0 Å². The number of nitrogens with zero attached hydrogens (tertiary/aromatic N) is 1. The fourth-order valence-corrected chi connectivity index (χ4v) is 1.67. The van der Waals surface area contributed by atoms with Crippen molar-refractivity contribution in [2.75, 3.05) is 0 Å². The first-order chi connectivity index (χ1) is 8.66. The molecule has 1 amide bonds. The second kappa shape index (κ2) is 5.46. The van der Waals surface area contributed by atoms with E-state index in [1.54, 1.807) is 24.5 Å². The molecule has 18 heavy (non-hydrogen) atoms. The lowest BCUT2D eigenvalue weighted by molar-refractivity contribution is 0.100. The molecule has 0 spiro atoms. The Hall–Kier alpha value is -2.14. The Morgan fingerprint density at radius 1 is 1.44 bits per heavy atom. The Bertz CT molecular complexity index is 504. The zero-order valence-electron chi connectivity index (χ0n) is 10.2. The molecule has 1 atom stereocenters. The predicted octanol–water partition coefficient (Wildman–Crippen LogP) is 1.36. The minimum atomic E-state index is -0.404. The van der Waals surface area contributed by atoms with Gasteiger partial charge < -0.3 is 16.0 Å². The maximum absolute atomic E-state index is 10.9. The number of primary amides is 1. The van der Waals surface area contributed by atoms with E-state index >= 15 is 0 Å². The fourth-order valence-electron chi connectivity index (χ4n) is 1.67. The van der Waals surface area contributed by atoms with Gasteiger partial charge in [0, 0.05) is 24.5 Å². The molecular weight excluding hydrogens is 228 g/mol. The molecule has 0 aliphatic carbocycles. The van der Waals surface area contributed by atoms with E-state index in [9.17, 15) is 4.79 Å². The van der Waals surface area contributed by atoms with E-state index in [1.165, 1.54) is 0 Å². The van der Waals surface area contributed by atoms with Crippen LogP contribution in [0.1, 0.15) is 34.7 Å². The van der Waals surface area contributed by atoms with Gasteiger partial charge in [-0.1, -0.05) is 12.1 Å². The molecule has 2 aromatic rings. The zero-order chi connectivity index (χ0) is 13.0. The summed E-state index contributed by atoms with van der Waals surface area (Å²) in [5.74, 6) is 0.502. The highest BCUT2D eigenvalue weighted by atomic mass is 16.1. The van der Waals surface area contributed by atoms with Gasteiger partial charge in [0.2, 0.25) is 5.91 Å². The second-order valence-electron chi connectivity index (χ2n) is 4.14. The van der Waals surface area contributed by atoms with Gasteiger partial charge in [0.25, 0.3) is 0 Å². The van der Waals surface area contributed by atoms with Gasteiger partial charge in [-0.05, 0) is 24.6 Å². The van der Waals surface area contributed by atoms with Crippen LogP contribution in [0.25, 0.3) is 0 Å². The van der Waals surface area contributed by atoms with Crippen molar-refractivity contribution in [3.05, 3.63) is 53.6 Å². The number of carbonyl (C=O) groups is 1. The summed E-state index contributed by atoms with van der Waals surface area (Å²) in [4.78, 5) is 18.2. The summed E-state index contributed by atoms with van der Waals surface area (Å²) in [5, 5.41) is 3.34. The van der Waals surface area contributed by atoms with Gasteiger partial charge in [-0.2, -0.15) is 0 Å². The quantitative estimate of drug-likeness (QED) is 0.742. The highest BCUT2D eigenvalue weighted by molar-refractivity contribution is 5.92. The molecular formula is C13H16N4O. The third kappa shape index (κ3) is 2.95. The normalized spacial score (nSPS) is 12.3. The maximum atomic E-state index is 10.9. The summed E-state index contributed by atoms with van der Waals surface area (Å²) < 4.78 is 0. The van der Waals surface area contributed by atoms with Crippen LogP contribution in [-0.4, -0.2) is 15.9 Å². The summed E-state index contributed by atoms with van der Waals surface area (Å²) in [5.41, 5.74) is 6.80. The number of amides is 1. The number of nitrogens with two attached hydrogens (primary N) is 1. The molecule has 0 fully saturated rings. The summed E-state index contributed by atoms with van der Waals surface area (Å²) in [6.45, 7) is 2.75. The lowest BCUT2D eigenvalue weighted by Gasteiger charge is -2.11. The number of aromatic amines is 1. The van der Waals surface area contributed by atoms with E-state index in [1.807, 2.05) is 19.1 Å². The Labute approximate surface area is 105 Å².